The lowest BCUT2D eigenvalue weighted by molar-refractivity contribution is -0.140. The Morgan fingerprint density at radius 3 is 2.18 bits per heavy atom. The molecule has 7 nitrogen and oxygen atoms in total. The second kappa shape index (κ2) is 13.0. The van der Waals surface area contributed by atoms with Crippen LogP contribution in [0.2, 0.25) is 15.1 Å². The van der Waals surface area contributed by atoms with Crippen LogP contribution < -0.4 is 9.62 Å². The number of aryl methyl sites for hydroxylation is 2. The van der Waals surface area contributed by atoms with Gasteiger partial charge in [0.05, 0.1) is 20.6 Å². The molecule has 0 spiro atoms. The van der Waals surface area contributed by atoms with Crippen LogP contribution in [-0.4, -0.2) is 44.8 Å². The van der Waals surface area contributed by atoms with Crippen LogP contribution in [-0.2, 0) is 26.2 Å². The second-order valence-electron chi connectivity index (χ2n) is 9.06. The summed E-state index contributed by atoms with van der Waals surface area (Å²) >= 11 is 18.5. The van der Waals surface area contributed by atoms with Gasteiger partial charge in [0.15, 0.2) is 0 Å². The fraction of sp³-hybridized carbons (Fsp3) is 0.286. The van der Waals surface area contributed by atoms with Crippen molar-refractivity contribution in [2.24, 2.45) is 0 Å². The summed E-state index contributed by atoms with van der Waals surface area (Å²) in [5.41, 5.74) is 2.39. The lowest BCUT2D eigenvalue weighted by Crippen LogP contribution is -2.51. The Morgan fingerprint density at radius 2 is 1.59 bits per heavy atom. The van der Waals surface area contributed by atoms with E-state index in [2.05, 4.69) is 5.32 Å². The van der Waals surface area contributed by atoms with E-state index in [9.17, 15) is 18.0 Å². The van der Waals surface area contributed by atoms with Crippen molar-refractivity contribution in [1.82, 2.24) is 10.2 Å². The largest absolute Gasteiger partial charge is 0.357 e. The number of halogens is 3. The number of rotatable bonds is 10. The molecule has 0 heterocycles. The Hall–Kier alpha value is -2.78. The van der Waals surface area contributed by atoms with Crippen molar-refractivity contribution < 1.29 is 18.0 Å². The number of hydrogen-bond donors (Lipinski definition) is 1. The molecule has 0 aliphatic rings. The molecule has 0 aliphatic carbocycles. The van der Waals surface area contributed by atoms with E-state index < -0.39 is 28.5 Å². The number of nitrogens with zero attached hydrogens (tertiary/aromatic N) is 2. The van der Waals surface area contributed by atoms with Crippen LogP contribution in [0.1, 0.15) is 30.0 Å². The molecule has 1 unspecified atom stereocenters. The first-order valence-electron chi connectivity index (χ1n) is 12.2. The Labute approximate surface area is 244 Å². The predicted octanol–water partition coefficient (Wildman–Crippen LogP) is 6.01. The molecule has 0 fully saturated rings. The second-order valence-corrected chi connectivity index (χ2v) is 12.2. The van der Waals surface area contributed by atoms with Gasteiger partial charge in [-0.1, -0.05) is 71.6 Å². The summed E-state index contributed by atoms with van der Waals surface area (Å²) in [4.78, 5) is 28.2. The van der Waals surface area contributed by atoms with E-state index >= 15 is 0 Å². The number of sulfonamides is 1. The normalized spacial score (nSPS) is 12.1. The first-order valence-corrected chi connectivity index (χ1v) is 14.8. The van der Waals surface area contributed by atoms with Crippen LogP contribution in [0, 0.1) is 13.8 Å². The average Bonchev–Trinajstić information content (AvgIpc) is 2.90. The quantitative estimate of drug-likeness (QED) is 0.305. The highest BCUT2D eigenvalue weighted by atomic mass is 35.5. The van der Waals surface area contributed by atoms with E-state index in [1.165, 1.54) is 30.1 Å². The summed E-state index contributed by atoms with van der Waals surface area (Å²) in [6.07, 6.45) is 0.299. The molecule has 0 radical (unpaired) electrons. The van der Waals surface area contributed by atoms with Crippen LogP contribution in [0.4, 0.5) is 5.69 Å². The third-order valence-corrected chi connectivity index (χ3v) is 9.05. The summed E-state index contributed by atoms with van der Waals surface area (Å²) in [5.74, 6) is -0.954. The van der Waals surface area contributed by atoms with E-state index in [0.717, 1.165) is 9.87 Å². The Morgan fingerprint density at radius 1 is 0.923 bits per heavy atom. The number of amides is 2. The maximum absolute atomic E-state index is 14.0. The van der Waals surface area contributed by atoms with Crippen molar-refractivity contribution in [2.75, 3.05) is 17.9 Å². The summed E-state index contributed by atoms with van der Waals surface area (Å²) in [6, 6.07) is 15.3. The topological polar surface area (TPSA) is 86.8 Å². The van der Waals surface area contributed by atoms with Gasteiger partial charge in [-0.05, 0) is 67.8 Å². The Balaban J connectivity index is 2.11. The number of benzene rings is 3. The van der Waals surface area contributed by atoms with Gasteiger partial charge in [0.2, 0.25) is 11.8 Å². The average molecular weight is 611 g/mol. The molecule has 3 aromatic carbocycles. The maximum Gasteiger partial charge on any atom is 0.264 e. The van der Waals surface area contributed by atoms with Crippen molar-refractivity contribution >= 4 is 62.3 Å². The Kier molecular flexibility index (Phi) is 10.3. The standard InChI is InChI=1S/C28H30Cl3N3O4S/c1-5-25(28(36)32-4)33(16-20-9-13-23(30)24(31)14-20)27(35)17-34(26-15-21(29)10-8-19(26)3)39(37,38)22-11-6-18(2)7-12-22/h6-15,25H,5,16-17H2,1-4H3,(H,32,36). The molecule has 0 saturated heterocycles. The van der Waals surface area contributed by atoms with Gasteiger partial charge in [-0.3, -0.25) is 13.9 Å². The monoisotopic (exact) mass is 609 g/mol. The van der Waals surface area contributed by atoms with Crippen molar-refractivity contribution in [3.63, 3.8) is 0 Å². The number of likely N-dealkylation sites (N-methyl/N-ethyl adjacent to an activating group) is 1. The van der Waals surface area contributed by atoms with Crippen LogP contribution in [0.15, 0.2) is 65.6 Å². The number of anilines is 1. The lowest BCUT2D eigenvalue weighted by atomic mass is 10.1. The fourth-order valence-corrected chi connectivity index (χ4v) is 6.08. The fourth-order valence-electron chi connectivity index (χ4n) is 4.12. The predicted molar refractivity (Wildman–Crippen MR) is 157 cm³/mol. The highest BCUT2D eigenvalue weighted by Crippen LogP contribution is 2.30. The summed E-state index contributed by atoms with van der Waals surface area (Å²) in [5, 5.41) is 3.56. The van der Waals surface area contributed by atoms with Crippen LogP contribution >= 0.6 is 34.8 Å². The zero-order valence-electron chi connectivity index (χ0n) is 22.0. The van der Waals surface area contributed by atoms with Gasteiger partial charge in [-0.2, -0.15) is 0 Å². The van der Waals surface area contributed by atoms with Crippen molar-refractivity contribution in [2.45, 2.75) is 44.7 Å². The molecule has 11 heteroatoms. The van der Waals surface area contributed by atoms with Crippen molar-refractivity contribution in [1.29, 1.82) is 0 Å². The van der Waals surface area contributed by atoms with E-state index in [4.69, 9.17) is 34.8 Å². The van der Waals surface area contributed by atoms with Gasteiger partial charge in [0.25, 0.3) is 10.0 Å². The number of carbonyl (C=O) groups excluding carboxylic acids is 2. The van der Waals surface area contributed by atoms with E-state index in [1.54, 1.807) is 56.3 Å². The van der Waals surface area contributed by atoms with Crippen LogP contribution in [0.5, 0.6) is 0 Å². The van der Waals surface area contributed by atoms with Gasteiger partial charge in [0.1, 0.15) is 12.6 Å². The first-order chi connectivity index (χ1) is 18.4. The number of carbonyl (C=O) groups is 2. The Bertz CT molecular complexity index is 1460. The first kappa shape index (κ1) is 30.8. The minimum atomic E-state index is -4.19. The molecule has 208 valence electrons. The summed E-state index contributed by atoms with van der Waals surface area (Å²) in [6.45, 7) is 4.81. The zero-order valence-corrected chi connectivity index (χ0v) is 25.1. The highest BCUT2D eigenvalue weighted by molar-refractivity contribution is 7.92. The number of hydrogen-bond acceptors (Lipinski definition) is 4. The van der Waals surface area contributed by atoms with E-state index in [0.29, 0.717) is 32.6 Å². The molecule has 0 aromatic heterocycles. The smallest absolute Gasteiger partial charge is 0.264 e. The van der Waals surface area contributed by atoms with E-state index in [-0.39, 0.29) is 23.0 Å². The van der Waals surface area contributed by atoms with Gasteiger partial charge in [-0.25, -0.2) is 8.42 Å². The molecule has 3 rings (SSSR count). The molecule has 0 saturated carbocycles. The SMILES string of the molecule is CCC(C(=O)NC)N(Cc1ccc(Cl)c(Cl)c1)C(=O)CN(c1cc(Cl)ccc1C)S(=O)(=O)c1ccc(C)cc1. The number of nitrogens with one attached hydrogen (secondary N) is 1. The van der Waals surface area contributed by atoms with Crippen molar-refractivity contribution in [3.8, 4) is 0 Å². The molecular weight excluding hydrogens is 581 g/mol. The molecule has 39 heavy (non-hydrogen) atoms. The summed E-state index contributed by atoms with van der Waals surface area (Å²) in [7, 11) is -2.71. The highest BCUT2D eigenvalue weighted by Gasteiger charge is 2.34. The minimum absolute atomic E-state index is 0.00853. The van der Waals surface area contributed by atoms with E-state index in [1.807, 2.05) is 6.92 Å². The van der Waals surface area contributed by atoms with Gasteiger partial charge in [-0.15, -0.1) is 0 Å². The molecular formula is C28H30Cl3N3O4S. The van der Waals surface area contributed by atoms with Gasteiger partial charge >= 0.3 is 0 Å². The van der Waals surface area contributed by atoms with Gasteiger partial charge < -0.3 is 10.2 Å². The maximum atomic E-state index is 14.0. The molecule has 3 aromatic rings. The molecule has 1 N–H and O–H groups in total. The molecule has 0 bridgehead atoms. The third-order valence-electron chi connectivity index (χ3n) is 6.30. The minimum Gasteiger partial charge on any atom is -0.357 e. The lowest BCUT2D eigenvalue weighted by Gasteiger charge is -2.33. The zero-order chi connectivity index (χ0) is 28.9. The third kappa shape index (κ3) is 7.25. The van der Waals surface area contributed by atoms with Crippen LogP contribution in [0.3, 0.4) is 0 Å². The van der Waals surface area contributed by atoms with Crippen molar-refractivity contribution in [3.05, 3.63) is 92.4 Å². The van der Waals surface area contributed by atoms with Crippen LogP contribution in [0.25, 0.3) is 0 Å². The van der Waals surface area contributed by atoms with Gasteiger partial charge in [0, 0.05) is 18.6 Å². The molecule has 0 aliphatic heterocycles. The molecule has 1 atom stereocenters. The molecule has 2 amide bonds. The summed E-state index contributed by atoms with van der Waals surface area (Å²) < 4.78 is 28.9.